The molecule has 0 unspecified atom stereocenters. The van der Waals surface area contributed by atoms with E-state index < -0.39 is 0 Å². The second-order valence-electron chi connectivity index (χ2n) is 6.24. The number of fused-ring (bicyclic) bond motifs is 1. The topological polar surface area (TPSA) is 62.5 Å². The minimum atomic E-state index is -0.343. The van der Waals surface area contributed by atoms with Gasteiger partial charge in [-0.25, -0.2) is 4.98 Å². The molecular formula is C18H18N4O2S. The summed E-state index contributed by atoms with van der Waals surface area (Å²) >= 11 is 1.58. The number of para-hydroxylation sites is 1. The molecule has 2 heterocycles. The van der Waals surface area contributed by atoms with Gasteiger partial charge in [-0.3, -0.25) is 10.1 Å². The van der Waals surface area contributed by atoms with Gasteiger partial charge in [-0.05, 0) is 25.2 Å². The Bertz CT molecular complexity index is 899. The first-order valence-corrected chi connectivity index (χ1v) is 9.01. The zero-order valence-corrected chi connectivity index (χ0v) is 14.7. The van der Waals surface area contributed by atoms with Crippen molar-refractivity contribution in [3.05, 3.63) is 52.6 Å². The van der Waals surface area contributed by atoms with Gasteiger partial charge in [0.15, 0.2) is 0 Å². The molecule has 1 saturated heterocycles. The van der Waals surface area contributed by atoms with Crippen molar-refractivity contribution in [2.24, 2.45) is 0 Å². The highest BCUT2D eigenvalue weighted by molar-refractivity contribution is 7.21. The summed E-state index contributed by atoms with van der Waals surface area (Å²) in [5.74, 6) is 0. The largest absolute Gasteiger partial charge is 0.368 e. The molecule has 128 valence electrons. The van der Waals surface area contributed by atoms with Crippen LogP contribution in [0.1, 0.15) is 0 Å². The standard InChI is InChI=1S/C18H18N4O2S/c1-20-8-10-21(11-9-20)16-7-6-13(22(23)24)12-14(16)18-19-15-4-2-3-5-17(15)25-18/h2-7,12H,8-11H2,1H3. The van der Waals surface area contributed by atoms with E-state index in [9.17, 15) is 10.1 Å². The Morgan fingerprint density at radius 2 is 1.88 bits per heavy atom. The van der Waals surface area contributed by atoms with Crippen LogP contribution in [0, 0.1) is 10.1 Å². The maximum atomic E-state index is 11.3. The minimum Gasteiger partial charge on any atom is -0.368 e. The molecule has 1 aliphatic heterocycles. The van der Waals surface area contributed by atoms with E-state index in [0.717, 1.165) is 52.7 Å². The van der Waals surface area contributed by atoms with E-state index in [2.05, 4.69) is 16.8 Å². The van der Waals surface area contributed by atoms with Gasteiger partial charge in [0.05, 0.1) is 15.1 Å². The van der Waals surface area contributed by atoms with Crippen LogP contribution in [0.3, 0.4) is 0 Å². The van der Waals surface area contributed by atoms with E-state index in [1.807, 2.05) is 30.3 Å². The molecular weight excluding hydrogens is 336 g/mol. The highest BCUT2D eigenvalue weighted by Gasteiger charge is 2.22. The number of hydrogen-bond acceptors (Lipinski definition) is 6. The second-order valence-corrected chi connectivity index (χ2v) is 7.27. The molecule has 1 aliphatic rings. The molecule has 0 radical (unpaired) electrons. The predicted molar refractivity (Wildman–Crippen MR) is 101 cm³/mol. The number of aromatic nitrogens is 1. The van der Waals surface area contributed by atoms with Crippen molar-refractivity contribution >= 4 is 32.9 Å². The molecule has 25 heavy (non-hydrogen) atoms. The Hall–Kier alpha value is -2.51. The van der Waals surface area contributed by atoms with Crippen molar-refractivity contribution in [3.63, 3.8) is 0 Å². The molecule has 0 atom stereocenters. The van der Waals surface area contributed by atoms with Crippen molar-refractivity contribution in [3.8, 4) is 10.6 Å². The summed E-state index contributed by atoms with van der Waals surface area (Å²) in [6.45, 7) is 3.78. The quantitative estimate of drug-likeness (QED) is 0.531. The monoisotopic (exact) mass is 354 g/mol. The van der Waals surface area contributed by atoms with Gasteiger partial charge < -0.3 is 9.80 Å². The van der Waals surface area contributed by atoms with Gasteiger partial charge >= 0.3 is 0 Å². The molecule has 0 aliphatic carbocycles. The van der Waals surface area contributed by atoms with Gasteiger partial charge in [-0.2, -0.15) is 0 Å². The van der Waals surface area contributed by atoms with Crippen molar-refractivity contribution in [2.45, 2.75) is 0 Å². The van der Waals surface area contributed by atoms with Crippen molar-refractivity contribution in [1.29, 1.82) is 0 Å². The van der Waals surface area contributed by atoms with Crippen LogP contribution in [-0.4, -0.2) is 48.0 Å². The highest BCUT2D eigenvalue weighted by Crippen LogP contribution is 2.38. The molecule has 0 spiro atoms. The molecule has 7 heteroatoms. The fourth-order valence-electron chi connectivity index (χ4n) is 3.12. The number of nitro groups is 1. The average Bonchev–Trinajstić information content (AvgIpc) is 3.06. The van der Waals surface area contributed by atoms with Gasteiger partial charge in [0, 0.05) is 49.6 Å². The molecule has 4 rings (SSSR count). The average molecular weight is 354 g/mol. The first-order chi connectivity index (χ1) is 12.1. The summed E-state index contributed by atoms with van der Waals surface area (Å²) in [5.41, 5.74) is 2.91. The van der Waals surface area contributed by atoms with E-state index in [-0.39, 0.29) is 10.6 Å². The van der Waals surface area contributed by atoms with Crippen LogP contribution in [0.25, 0.3) is 20.8 Å². The fourth-order valence-corrected chi connectivity index (χ4v) is 4.11. The number of nitro benzene ring substituents is 1. The molecule has 6 nitrogen and oxygen atoms in total. The summed E-state index contributed by atoms with van der Waals surface area (Å²) in [6, 6.07) is 13.1. The molecule has 3 aromatic rings. The van der Waals surface area contributed by atoms with Crippen LogP contribution in [0.4, 0.5) is 11.4 Å². The Kier molecular flexibility index (Phi) is 4.10. The molecule has 0 amide bonds. The van der Waals surface area contributed by atoms with Crippen LogP contribution < -0.4 is 4.90 Å². The number of likely N-dealkylation sites (N-methyl/N-ethyl adjacent to an activating group) is 1. The molecule has 2 aromatic carbocycles. The molecule has 0 saturated carbocycles. The zero-order valence-electron chi connectivity index (χ0n) is 13.9. The first kappa shape index (κ1) is 16.0. The number of anilines is 1. The Balaban J connectivity index is 1.82. The Labute approximate surface area is 149 Å². The van der Waals surface area contributed by atoms with Gasteiger partial charge in [0.2, 0.25) is 0 Å². The number of thiazole rings is 1. The van der Waals surface area contributed by atoms with Crippen molar-refractivity contribution < 1.29 is 4.92 Å². The third-order valence-corrected chi connectivity index (χ3v) is 5.63. The van der Waals surface area contributed by atoms with Gasteiger partial charge in [-0.1, -0.05) is 12.1 Å². The maximum Gasteiger partial charge on any atom is 0.270 e. The predicted octanol–water partition coefficient (Wildman–Crippen LogP) is 3.62. The summed E-state index contributed by atoms with van der Waals surface area (Å²) in [5, 5.41) is 12.1. The number of benzene rings is 2. The Morgan fingerprint density at radius 3 is 2.60 bits per heavy atom. The lowest BCUT2D eigenvalue weighted by Crippen LogP contribution is -2.44. The van der Waals surface area contributed by atoms with Gasteiger partial charge in [0.25, 0.3) is 5.69 Å². The van der Waals surface area contributed by atoms with E-state index in [4.69, 9.17) is 4.98 Å². The van der Waals surface area contributed by atoms with Crippen LogP contribution >= 0.6 is 11.3 Å². The molecule has 0 N–H and O–H groups in total. The summed E-state index contributed by atoms with van der Waals surface area (Å²) in [7, 11) is 2.11. The van der Waals surface area contributed by atoms with Crippen molar-refractivity contribution in [2.75, 3.05) is 38.1 Å². The smallest absolute Gasteiger partial charge is 0.270 e. The third-order valence-electron chi connectivity index (χ3n) is 4.56. The Morgan fingerprint density at radius 1 is 1.12 bits per heavy atom. The van der Waals surface area contributed by atoms with Gasteiger partial charge in [-0.15, -0.1) is 11.3 Å². The normalized spacial score (nSPS) is 15.6. The number of rotatable bonds is 3. The number of piperazine rings is 1. The maximum absolute atomic E-state index is 11.3. The fraction of sp³-hybridized carbons (Fsp3) is 0.278. The summed E-state index contributed by atoms with van der Waals surface area (Å²) in [6.07, 6.45) is 0. The molecule has 0 bridgehead atoms. The lowest BCUT2D eigenvalue weighted by atomic mass is 10.1. The van der Waals surface area contributed by atoms with Crippen molar-refractivity contribution in [1.82, 2.24) is 9.88 Å². The highest BCUT2D eigenvalue weighted by atomic mass is 32.1. The van der Waals surface area contributed by atoms with E-state index in [0.29, 0.717) is 0 Å². The van der Waals surface area contributed by atoms with Crippen LogP contribution in [0.5, 0.6) is 0 Å². The summed E-state index contributed by atoms with van der Waals surface area (Å²) in [4.78, 5) is 20.2. The van der Waals surface area contributed by atoms with E-state index in [1.165, 1.54) is 0 Å². The van der Waals surface area contributed by atoms with E-state index in [1.54, 1.807) is 23.5 Å². The van der Waals surface area contributed by atoms with Crippen LogP contribution in [-0.2, 0) is 0 Å². The number of non-ortho nitro benzene ring substituents is 1. The number of nitrogens with zero attached hydrogens (tertiary/aromatic N) is 4. The SMILES string of the molecule is CN1CCN(c2ccc([N+](=O)[O-])cc2-c2nc3ccccc3s2)CC1. The lowest BCUT2D eigenvalue weighted by Gasteiger charge is -2.34. The van der Waals surface area contributed by atoms with E-state index >= 15 is 0 Å². The first-order valence-electron chi connectivity index (χ1n) is 8.20. The molecule has 1 fully saturated rings. The second kappa shape index (κ2) is 6.42. The summed E-state index contributed by atoms with van der Waals surface area (Å²) < 4.78 is 1.09. The lowest BCUT2D eigenvalue weighted by molar-refractivity contribution is -0.384. The third kappa shape index (κ3) is 3.08. The van der Waals surface area contributed by atoms with Crippen LogP contribution in [0.2, 0.25) is 0 Å². The molecule has 1 aromatic heterocycles. The number of hydrogen-bond donors (Lipinski definition) is 0. The van der Waals surface area contributed by atoms with Gasteiger partial charge in [0.1, 0.15) is 5.01 Å². The zero-order chi connectivity index (χ0) is 17.4. The minimum absolute atomic E-state index is 0.104. The van der Waals surface area contributed by atoms with Crippen LogP contribution in [0.15, 0.2) is 42.5 Å².